The minimum absolute atomic E-state index is 0.0645. The lowest BCUT2D eigenvalue weighted by Gasteiger charge is -2.28. The van der Waals surface area contributed by atoms with E-state index < -0.39 is 0 Å². The normalized spacial score (nSPS) is 14.5. The van der Waals surface area contributed by atoms with Crippen LogP contribution in [0.1, 0.15) is 39.8 Å². The number of methoxy groups -OCH3 is 1. The summed E-state index contributed by atoms with van der Waals surface area (Å²) >= 11 is 0. The molecule has 0 spiro atoms. The first kappa shape index (κ1) is 60.5. The maximum atomic E-state index is 8.96. The Morgan fingerprint density at radius 3 is 1.37 bits per heavy atom. The van der Waals surface area contributed by atoms with Gasteiger partial charge in [-0.15, -0.1) is 0 Å². The van der Waals surface area contributed by atoms with Gasteiger partial charge in [0.15, 0.2) is 17.5 Å². The molecule has 3 aliphatic heterocycles. The van der Waals surface area contributed by atoms with E-state index in [9.17, 15) is 0 Å². The molecular weight excluding hydrogens is 1040 g/mol. The molecule has 432 valence electrons. The number of aliphatic hydroxyl groups excluding tert-OH is 2. The highest BCUT2D eigenvalue weighted by atomic mass is 16.5. The van der Waals surface area contributed by atoms with Crippen molar-refractivity contribution in [3.8, 4) is 18.0 Å². The fourth-order valence-electron chi connectivity index (χ4n) is 7.95. The molecule has 3 aromatic heterocycles. The number of nitrogens with zero attached hydrogens (tertiary/aromatic N) is 13. The van der Waals surface area contributed by atoms with Crippen molar-refractivity contribution in [3.63, 3.8) is 0 Å². The van der Waals surface area contributed by atoms with Crippen molar-refractivity contribution in [3.05, 3.63) is 124 Å². The van der Waals surface area contributed by atoms with E-state index in [0.29, 0.717) is 89.3 Å². The van der Waals surface area contributed by atoms with Gasteiger partial charge in [-0.25, -0.2) is 0 Å². The van der Waals surface area contributed by atoms with E-state index >= 15 is 0 Å². The number of aromatic nitrogens is 6. The molecule has 0 atom stereocenters. The number of hydrogen-bond donors (Lipinski definition) is 4. The number of rotatable bonds is 23. The number of hydrazone groups is 3. The Bertz CT molecular complexity index is 2920. The van der Waals surface area contributed by atoms with Crippen molar-refractivity contribution in [1.82, 2.24) is 29.9 Å². The van der Waals surface area contributed by atoms with Gasteiger partial charge < -0.3 is 58.1 Å². The molecule has 6 aromatic rings. The fourth-order valence-corrected chi connectivity index (χ4v) is 7.95. The molecule has 4 N–H and O–H groups in total. The van der Waals surface area contributed by atoms with E-state index in [2.05, 4.69) is 89.8 Å². The standard InChI is InChI=1S/C20H27N5O3.C19H25N5O3.C18H23N5O3/c1-16-5-4-6-17(13-16)15-21-24(2)18-14-19(25-7-9-27-10-8-25)23-20(22-18)28-12-11-26-3;1-15-4-2-5-16(12-15)14-20-23-17-13-18(24-6-10-26-11-7-24)22-19(21-17)27-9-3-8-25;1-14-3-2-4-15(11-14)13-19-22-16-12-17(23-5-8-25-9-6-23)21-18(20-16)26-10-7-24/h4-6,13-15H,7-12H2,1-3H3;2,4-5,12-14,25H,3,6-11H2,1H3,(H,21,22,23);2-4,11-13,24H,5-10H2,1H3,(H,20,21,22)/b21-15+;20-14+;19-13+. The Labute approximate surface area is 473 Å². The molecule has 0 aliphatic carbocycles. The number of morpholine rings is 3. The summed E-state index contributed by atoms with van der Waals surface area (Å²) in [6.07, 6.45) is 5.82. The maximum absolute atomic E-state index is 8.96. The van der Waals surface area contributed by atoms with Gasteiger partial charge in [0.1, 0.15) is 30.7 Å². The second kappa shape index (κ2) is 33.5. The molecule has 0 saturated carbocycles. The molecule has 3 aliphatic rings. The quantitative estimate of drug-likeness (QED) is 0.0357. The molecule has 3 saturated heterocycles. The minimum Gasteiger partial charge on any atom is -0.463 e. The van der Waals surface area contributed by atoms with Crippen molar-refractivity contribution in [2.75, 3.05) is 163 Å². The average Bonchev–Trinajstić information content (AvgIpc) is 3.50. The van der Waals surface area contributed by atoms with Gasteiger partial charge in [0.2, 0.25) is 0 Å². The third kappa shape index (κ3) is 21.1. The predicted octanol–water partition coefficient (Wildman–Crippen LogP) is 5.38. The number of nitrogens with one attached hydrogen (secondary N) is 2. The summed E-state index contributed by atoms with van der Waals surface area (Å²) in [5.74, 6) is 4.05. The third-order valence-corrected chi connectivity index (χ3v) is 12.1. The fraction of sp³-hybridized carbons (Fsp3) is 0.421. The molecule has 9 rings (SSSR count). The highest BCUT2D eigenvalue weighted by molar-refractivity contribution is 5.81. The lowest BCUT2D eigenvalue weighted by molar-refractivity contribution is 0.122. The second-order valence-corrected chi connectivity index (χ2v) is 18.5. The Balaban J connectivity index is 0.000000175. The van der Waals surface area contributed by atoms with Gasteiger partial charge in [-0.1, -0.05) is 89.5 Å². The largest absolute Gasteiger partial charge is 0.463 e. The van der Waals surface area contributed by atoms with Crippen molar-refractivity contribution in [1.29, 1.82) is 0 Å². The summed E-state index contributed by atoms with van der Waals surface area (Å²) in [7, 11) is 3.49. The molecule has 81 heavy (non-hydrogen) atoms. The second-order valence-electron chi connectivity index (χ2n) is 18.5. The average molecular weight is 1110 g/mol. The highest BCUT2D eigenvalue weighted by Crippen LogP contribution is 2.25. The van der Waals surface area contributed by atoms with Gasteiger partial charge in [-0.3, -0.25) is 15.9 Å². The molecule has 3 aromatic carbocycles. The summed E-state index contributed by atoms with van der Waals surface area (Å²) < 4.78 is 37.9. The van der Waals surface area contributed by atoms with Crippen LogP contribution in [0.25, 0.3) is 0 Å². The topological polar surface area (TPSA) is 257 Å². The van der Waals surface area contributed by atoms with Crippen molar-refractivity contribution >= 4 is 53.6 Å². The Morgan fingerprint density at radius 2 is 0.938 bits per heavy atom. The van der Waals surface area contributed by atoms with Crippen LogP contribution in [0, 0.1) is 20.8 Å². The monoisotopic (exact) mass is 1110 g/mol. The third-order valence-electron chi connectivity index (χ3n) is 12.1. The molecule has 24 nitrogen and oxygen atoms in total. The number of ether oxygens (including phenoxy) is 7. The van der Waals surface area contributed by atoms with Gasteiger partial charge in [-0.05, 0) is 37.5 Å². The molecule has 0 amide bonds. The number of benzene rings is 3. The van der Waals surface area contributed by atoms with Gasteiger partial charge in [0.25, 0.3) is 0 Å². The van der Waals surface area contributed by atoms with Crippen LogP contribution in [-0.4, -0.2) is 191 Å². The Morgan fingerprint density at radius 1 is 0.519 bits per heavy atom. The van der Waals surface area contributed by atoms with Gasteiger partial charge in [0.05, 0.1) is 78.1 Å². The first-order chi connectivity index (χ1) is 39.6. The van der Waals surface area contributed by atoms with Crippen LogP contribution in [0.4, 0.5) is 34.9 Å². The van der Waals surface area contributed by atoms with Crippen molar-refractivity contribution < 1.29 is 43.4 Å². The van der Waals surface area contributed by atoms with Crippen LogP contribution >= 0.6 is 0 Å². The zero-order chi connectivity index (χ0) is 56.9. The number of aliphatic hydroxyl groups is 2. The molecule has 3 fully saturated rings. The van der Waals surface area contributed by atoms with Crippen LogP contribution in [0.5, 0.6) is 18.0 Å². The van der Waals surface area contributed by atoms with E-state index in [0.717, 1.165) is 73.4 Å². The molecule has 0 bridgehead atoms. The predicted molar refractivity (Wildman–Crippen MR) is 314 cm³/mol. The summed E-state index contributed by atoms with van der Waals surface area (Å²) in [6.45, 7) is 16.1. The molecule has 6 heterocycles. The van der Waals surface area contributed by atoms with E-state index in [1.165, 1.54) is 16.7 Å². The van der Waals surface area contributed by atoms with Gasteiger partial charge in [-0.2, -0.15) is 45.2 Å². The van der Waals surface area contributed by atoms with Crippen LogP contribution in [0.2, 0.25) is 0 Å². The lowest BCUT2D eigenvalue weighted by Crippen LogP contribution is -2.37. The molecule has 24 heteroatoms. The SMILES string of the molecule is COCCOc1nc(N2CCOCC2)cc(N(C)/N=C/c2cccc(C)c2)n1.Cc1cccc(/C=N/Nc2cc(N3CCOCC3)nc(OCCCO)n2)c1.Cc1cccc(/C=N/Nc2cc(N3CCOCC3)nc(OCCO)n2)c1. The molecular formula is C57H75N15O9. The minimum atomic E-state index is -0.0978. The summed E-state index contributed by atoms with van der Waals surface area (Å²) in [6, 6.07) is 30.7. The summed E-state index contributed by atoms with van der Waals surface area (Å²) in [5.41, 5.74) is 12.5. The van der Waals surface area contributed by atoms with Crippen molar-refractivity contribution in [2.45, 2.75) is 27.2 Å². The first-order valence-electron chi connectivity index (χ1n) is 26.9. The first-order valence-corrected chi connectivity index (χ1v) is 26.9. The smallest absolute Gasteiger partial charge is 0.320 e. The summed E-state index contributed by atoms with van der Waals surface area (Å²) in [4.78, 5) is 32.9. The van der Waals surface area contributed by atoms with E-state index in [4.69, 9.17) is 43.4 Å². The van der Waals surface area contributed by atoms with Gasteiger partial charge >= 0.3 is 18.0 Å². The number of aryl methyl sites for hydroxylation is 3. The number of hydrogen-bond acceptors (Lipinski definition) is 24. The van der Waals surface area contributed by atoms with Crippen LogP contribution in [0.15, 0.2) is 106 Å². The molecule has 0 unspecified atom stereocenters. The number of anilines is 6. The van der Waals surface area contributed by atoms with E-state index in [-0.39, 0.29) is 31.8 Å². The summed E-state index contributed by atoms with van der Waals surface area (Å²) in [5, 5.41) is 32.6. The van der Waals surface area contributed by atoms with Crippen LogP contribution in [-0.2, 0) is 18.9 Å². The van der Waals surface area contributed by atoms with E-state index in [1.54, 1.807) is 24.5 Å². The van der Waals surface area contributed by atoms with E-state index in [1.807, 2.05) is 106 Å². The van der Waals surface area contributed by atoms with Crippen molar-refractivity contribution in [2.24, 2.45) is 15.3 Å². The van der Waals surface area contributed by atoms with Crippen LogP contribution in [0.3, 0.4) is 0 Å². The van der Waals surface area contributed by atoms with Crippen LogP contribution < -0.4 is 44.8 Å². The molecule has 0 radical (unpaired) electrons. The van der Waals surface area contributed by atoms with Gasteiger partial charge in [0, 0.05) is 84.7 Å². The highest BCUT2D eigenvalue weighted by Gasteiger charge is 2.19. The Kier molecular flexibility index (Phi) is 25.0. The maximum Gasteiger partial charge on any atom is 0.320 e. The zero-order valence-electron chi connectivity index (χ0n) is 46.9. The zero-order valence-corrected chi connectivity index (χ0v) is 46.9. The Hall–Kier alpha value is -8.13. The lowest BCUT2D eigenvalue weighted by atomic mass is 10.2.